The molecule has 3 aromatic rings. The Morgan fingerprint density at radius 1 is 1.22 bits per heavy atom. The second kappa shape index (κ2) is 6.51. The lowest BCUT2D eigenvalue weighted by atomic mass is 10.1. The van der Waals surface area contributed by atoms with Crippen LogP contribution < -0.4 is 5.32 Å². The van der Waals surface area contributed by atoms with E-state index < -0.39 is 5.91 Å². The summed E-state index contributed by atoms with van der Waals surface area (Å²) in [6.45, 7) is 0. The molecule has 4 nitrogen and oxygen atoms in total. The highest BCUT2D eigenvalue weighted by atomic mass is 79.9. The van der Waals surface area contributed by atoms with Gasteiger partial charge in [0.25, 0.3) is 5.91 Å². The molecule has 2 aromatic carbocycles. The van der Waals surface area contributed by atoms with Crippen LogP contribution in [-0.2, 0) is 4.79 Å². The lowest BCUT2D eigenvalue weighted by molar-refractivity contribution is -0.112. The Balaban J connectivity index is 1.90. The molecule has 0 fully saturated rings. The molecule has 0 radical (unpaired) electrons. The van der Waals surface area contributed by atoms with Crippen LogP contribution in [-0.4, -0.2) is 10.9 Å². The first-order chi connectivity index (χ1) is 11.2. The molecule has 5 heteroatoms. The Hall–Kier alpha value is -2.84. The van der Waals surface area contributed by atoms with Crippen molar-refractivity contribution in [3.05, 3.63) is 70.3 Å². The van der Waals surface area contributed by atoms with E-state index in [2.05, 4.69) is 26.2 Å². The maximum atomic E-state index is 12.3. The van der Waals surface area contributed by atoms with E-state index in [4.69, 9.17) is 0 Å². The quantitative estimate of drug-likeness (QED) is 0.530. The number of hydrogen-bond donors (Lipinski definition) is 2. The summed E-state index contributed by atoms with van der Waals surface area (Å²) in [7, 11) is 0. The fraction of sp³-hybridized carbons (Fsp3) is 0. The Morgan fingerprint density at radius 3 is 2.83 bits per heavy atom. The van der Waals surface area contributed by atoms with Gasteiger partial charge in [0.15, 0.2) is 0 Å². The van der Waals surface area contributed by atoms with Crippen molar-refractivity contribution in [1.82, 2.24) is 4.98 Å². The third-order valence-electron chi connectivity index (χ3n) is 3.37. The van der Waals surface area contributed by atoms with Crippen LogP contribution >= 0.6 is 15.9 Å². The average molecular weight is 366 g/mol. The Bertz CT molecular complexity index is 950. The fourth-order valence-electron chi connectivity index (χ4n) is 2.28. The number of aromatic nitrogens is 1. The van der Waals surface area contributed by atoms with Gasteiger partial charge in [0, 0.05) is 32.8 Å². The summed E-state index contributed by atoms with van der Waals surface area (Å²) in [6.07, 6.45) is 3.38. The van der Waals surface area contributed by atoms with Crippen molar-refractivity contribution >= 4 is 44.5 Å². The molecular formula is C18H12BrN3O. The molecule has 1 aromatic heterocycles. The number of nitrogens with one attached hydrogen (secondary N) is 2. The largest absolute Gasteiger partial charge is 0.361 e. The summed E-state index contributed by atoms with van der Waals surface area (Å²) < 4.78 is 0.856. The first-order valence-corrected chi connectivity index (χ1v) is 7.71. The van der Waals surface area contributed by atoms with Gasteiger partial charge >= 0.3 is 0 Å². The Labute approximate surface area is 141 Å². The maximum Gasteiger partial charge on any atom is 0.266 e. The minimum absolute atomic E-state index is 0.0507. The molecule has 23 heavy (non-hydrogen) atoms. The standard InChI is InChI=1S/C18H12BrN3O/c19-14-4-3-5-15(9-14)22-18(23)12(10-20)8-13-11-21-17-7-2-1-6-16(13)17/h1-9,11,21H,(H,22,23)/b12-8-. The van der Waals surface area contributed by atoms with Crippen molar-refractivity contribution in [1.29, 1.82) is 5.26 Å². The topological polar surface area (TPSA) is 68.7 Å². The van der Waals surface area contributed by atoms with Crippen molar-refractivity contribution < 1.29 is 4.79 Å². The molecule has 2 N–H and O–H groups in total. The molecular weight excluding hydrogens is 354 g/mol. The highest BCUT2D eigenvalue weighted by Crippen LogP contribution is 2.21. The second-order valence-corrected chi connectivity index (χ2v) is 5.84. The average Bonchev–Trinajstić information content (AvgIpc) is 2.95. The molecule has 0 aliphatic heterocycles. The van der Waals surface area contributed by atoms with Gasteiger partial charge in [-0.15, -0.1) is 0 Å². The summed E-state index contributed by atoms with van der Waals surface area (Å²) >= 11 is 3.35. The molecule has 0 unspecified atom stereocenters. The van der Waals surface area contributed by atoms with Crippen LogP contribution in [0, 0.1) is 11.3 Å². The lowest BCUT2D eigenvalue weighted by Gasteiger charge is -2.04. The van der Waals surface area contributed by atoms with Crippen LogP contribution in [0.3, 0.4) is 0 Å². The van der Waals surface area contributed by atoms with E-state index in [1.807, 2.05) is 42.5 Å². The second-order valence-electron chi connectivity index (χ2n) is 4.92. The number of fused-ring (bicyclic) bond motifs is 1. The number of hydrogen-bond acceptors (Lipinski definition) is 2. The van der Waals surface area contributed by atoms with E-state index in [1.165, 1.54) is 0 Å². The van der Waals surface area contributed by atoms with Gasteiger partial charge in [0.2, 0.25) is 0 Å². The van der Waals surface area contributed by atoms with Crippen molar-refractivity contribution in [2.24, 2.45) is 0 Å². The van der Waals surface area contributed by atoms with E-state index in [1.54, 1.807) is 24.4 Å². The fourth-order valence-corrected chi connectivity index (χ4v) is 2.68. The van der Waals surface area contributed by atoms with Gasteiger partial charge in [-0.3, -0.25) is 4.79 Å². The summed E-state index contributed by atoms with van der Waals surface area (Å²) in [4.78, 5) is 15.4. The molecule has 0 aliphatic rings. The van der Waals surface area contributed by atoms with Crippen LogP contribution in [0.1, 0.15) is 5.56 Å². The summed E-state index contributed by atoms with van der Waals surface area (Å²) in [6, 6.07) is 16.9. The zero-order valence-corrected chi connectivity index (χ0v) is 13.6. The number of nitrogens with zero attached hydrogens (tertiary/aromatic N) is 1. The van der Waals surface area contributed by atoms with Gasteiger partial charge in [-0.25, -0.2) is 0 Å². The van der Waals surface area contributed by atoms with Crippen LogP contribution in [0.4, 0.5) is 5.69 Å². The number of H-pyrrole nitrogens is 1. The normalized spacial score (nSPS) is 11.2. The van der Waals surface area contributed by atoms with E-state index >= 15 is 0 Å². The number of nitriles is 1. The highest BCUT2D eigenvalue weighted by Gasteiger charge is 2.11. The maximum absolute atomic E-state index is 12.3. The number of benzene rings is 2. The monoisotopic (exact) mass is 365 g/mol. The number of rotatable bonds is 3. The molecule has 1 amide bonds. The number of carbonyl (C=O) groups excluding carboxylic acids is 1. The van der Waals surface area contributed by atoms with E-state index in [-0.39, 0.29) is 5.57 Å². The molecule has 112 valence electrons. The molecule has 0 saturated carbocycles. The zero-order chi connectivity index (χ0) is 16.2. The molecule has 0 saturated heterocycles. The van der Waals surface area contributed by atoms with Crippen molar-refractivity contribution in [3.8, 4) is 6.07 Å². The van der Waals surface area contributed by atoms with Crippen LogP contribution in [0.25, 0.3) is 17.0 Å². The van der Waals surface area contributed by atoms with E-state index in [0.29, 0.717) is 5.69 Å². The predicted molar refractivity (Wildman–Crippen MR) is 94.7 cm³/mol. The highest BCUT2D eigenvalue weighted by molar-refractivity contribution is 9.10. The number of carbonyl (C=O) groups is 1. The summed E-state index contributed by atoms with van der Waals surface area (Å²) in [5.41, 5.74) is 2.45. The third kappa shape index (κ3) is 3.33. The molecule has 0 spiro atoms. The van der Waals surface area contributed by atoms with Crippen molar-refractivity contribution in [2.45, 2.75) is 0 Å². The first-order valence-electron chi connectivity index (χ1n) is 6.92. The number of para-hydroxylation sites is 1. The van der Waals surface area contributed by atoms with Gasteiger partial charge in [0.05, 0.1) is 0 Å². The Morgan fingerprint density at radius 2 is 2.04 bits per heavy atom. The van der Waals surface area contributed by atoms with E-state index in [9.17, 15) is 10.1 Å². The molecule has 0 bridgehead atoms. The van der Waals surface area contributed by atoms with Gasteiger partial charge in [-0.05, 0) is 30.3 Å². The summed E-state index contributed by atoms with van der Waals surface area (Å²) in [5.74, 6) is -0.434. The number of amides is 1. The van der Waals surface area contributed by atoms with Gasteiger partial charge in [0.1, 0.15) is 11.6 Å². The predicted octanol–water partition coefficient (Wildman–Crippen LogP) is 4.48. The smallest absolute Gasteiger partial charge is 0.266 e. The minimum atomic E-state index is -0.434. The summed E-state index contributed by atoms with van der Waals surface area (Å²) in [5, 5.41) is 13.0. The van der Waals surface area contributed by atoms with Gasteiger partial charge < -0.3 is 10.3 Å². The minimum Gasteiger partial charge on any atom is -0.361 e. The van der Waals surface area contributed by atoms with Crippen LogP contribution in [0.2, 0.25) is 0 Å². The van der Waals surface area contributed by atoms with Crippen LogP contribution in [0.15, 0.2) is 64.8 Å². The van der Waals surface area contributed by atoms with Crippen molar-refractivity contribution in [3.63, 3.8) is 0 Å². The Kier molecular flexibility index (Phi) is 4.26. The third-order valence-corrected chi connectivity index (χ3v) is 3.86. The van der Waals surface area contributed by atoms with Gasteiger partial charge in [-0.2, -0.15) is 5.26 Å². The number of aromatic amines is 1. The molecule has 0 atom stereocenters. The number of anilines is 1. The van der Waals surface area contributed by atoms with Crippen molar-refractivity contribution in [2.75, 3.05) is 5.32 Å². The lowest BCUT2D eigenvalue weighted by Crippen LogP contribution is -2.13. The molecule has 1 heterocycles. The molecule has 0 aliphatic carbocycles. The van der Waals surface area contributed by atoms with Gasteiger partial charge in [-0.1, -0.05) is 40.2 Å². The van der Waals surface area contributed by atoms with E-state index in [0.717, 1.165) is 20.9 Å². The SMILES string of the molecule is N#C/C(=C/c1c[nH]c2ccccc12)C(=O)Nc1cccc(Br)c1. The first kappa shape index (κ1) is 15.1. The number of halogens is 1. The zero-order valence-electron chi connectivity index (χ0n) is 12.0. The molecule has 3 rings (SSSR count). The van der Waals surface area contributed by atoms with Crippen LogP contribution in [0.5, 0.6) is 0 Å².